The molecule has 0 radical (unpaired) electrons. The lowest BCUT2D eigenvalue weighted by Crippen LogP contribution is -2.56. The van der Waals surface area contributed by atoms with Crippen molar-refractivity contribution in [1.29, 1.82) is 0 Å². The SMILES string of the molecule is COCC(ONC(=O)CC1(NC(=O)OCC2c3ccccc3-c3ccccc32)CCC1)C(=O)O. The molecule has 0 aromatic heterocycles. The van der Waals surface area contributed by atoms with E-state index in [1.54, 1.807) is 0 Å². The Morgan fingerprint density at radius 1 is 1.06 bits per heavy atom. The molecule has 0 saturated heterocycles. The van der Waals surface area contributed by atoms with Crippen molar-refractivity contribution < 1.29 is 33.8 Å². The van der Waals surface area contributed by atoms with E-state index < -0.39 is 29.6 Å². The molecule has 3 N–H and O–H groups in total. The van der Waals surface area contributed by atoms with Gasteiger partial charge in [-0.05, 0) is 41.5 Å². The normalized spacial score (nSPS) is 16.5. The zero-order valence-electron chi connectivity index (χ0n) is 18.9. The standard InChI is InChI=1S/C25H28N2O7/c1-32-15-21(23(29)30)34-27-22(28)13-25(11-6-12-25)26-24(31)33-14-20-18-9-4-2-7-16(18)17-8-3-5-10-19(17)20/h2-5,7-10,20-21H,6,11-15H2,1H3,(H,26,31)(H,27,28)(H,29,30). The lowest BCUT2D eigenvalue weighted by Gasteiger charge is -2.41. The summed E-state index contributed by atoms with van der Waals surface area (Å²) in [6.07, 6.45) is 0.144. The molecule has 2 aromatic rings. The number of hydroxylamine groups is 1. The minimum absolute atomic E-state index is 0.0451. The Balaban J connectivity index is 1.33. The second kappa shape index (κ2) is 10.2. The molecule has 4 rings (SSSR count). The molecule has 9 heteroatoms. The van der Waals surface area contributed by atoms with E-state index in [9.17, 15) is 14.4 Å². The van der Waals surface area contributed by atoms with Crippen molar-refractivity contribution in [2.75, 3.05) is 20.3 Å². The molecular formula is C25H28N2O7. The van der Waals surface area contributed by atoms with Gasteiger partial charge in [0.05, 0.1) is 18.6 Å². The molecular weight excluding hydrogens is 440 g/mol. The summed E-state index contributed by atoms with van der Waals surface area (Å²) in [7, 11) is 1.34. The summed E-state index contributed by atoms with van der Waals surface area (Å²) in [5.74, 6) is -1.83. The molecule has 180 valence electrons. The van der Waals surface area contributed by atoms with Crippen molar-refractivity contribution in [3.8, 4) is 11.1 Å². The van der Waals surface area contributed by atoms with Gasteiger partial charge in [-0.1, -0.05) is 48.5 Å². The minimum atomic E-state index is -1.32. The molecule has 1 saturated carbocycles. The minimum Gasteiger partial charge on any atom is -0.479 e. The first-order valence-electron chi connectivity index (χ1n) is 11.2. The summed E-state index contributed by atoms with van der Waals surface area (Å²) in [4.78, 5) is 41.1. The number of carbonyl (C=O) groups excluding carboxylic acids is 2. The Bertz CT molecular complexity index is 1020. The molecule has 0 heterocycles. The summed E-state index contributed by atoms with van der Waals surface area (Å²) in [6.45, 7) is -0.0265. The topological polar surface area (TPSA) is 123 Å². The molecule has 9 nitrogen and oxygen atoms in total. The number of methoxy groups -OCH3 is 1. The monoisotopic (exact) mass is 468 g/mol. The molecule has 2 aromatic carbocycles. The van der Waals surface area contributed by atoms with Gasteiger partial charge in [0.15, 0.2) is 0 Å². The molecule has 0 bridgehead atoms. The van der Waals surface area contributed by atoms with Gasteiger partial charge in [0.1, 0.15) is 6.61 Å². The van der Waals surface area contributed by atoms with Crippen LogP contribution in [0.15, 0.2) is 48.5 Å². The number of carboxylic acids is 1. The summed E-state index contributed by atoms with van der Waals surface area (Å²) in [5, 5.41) is 11.9. The lowest BCUT2D eigenvalue weighted by atomic mass is 9.74. The van der Waals surface area contributed by atoms with Crippen LogP contribution in [-0.2, 0) is 23.9 Å². The van der Waals surface area contributed by atoms with Crippen LogP contribution < -0.4 is 10.8 Å². The maximum atomic E-state index is 12.7. The summed E-state index contributed by atoms with van der Waals surface area (Å²) in [5.41, 5.74) is 5.95. The number of amides is 2. The molecule has 2 amide bonds. The zero-order chi connectivity index (χ0) is 24.1. The maximum absolute atomic E-state index is 12.7. The first kappa shape index (κ1) is 23.7. The third-order valence-corrected chi connectivity index (χ3v) is 6.43. The van der Waals surface area contributed by atoms with Crippen LogP contribution in [0, 0.1) is 0 Å². The molecule has 1 unspecified atom stereocenters. The van der Waals surface area contributed by atoms with Crippen LogP contribution >= 0.6 is 0 Å². The first-order chi connectivity index (χ1) is 16.4. The van der Waals surface area contributed by atoms with Crippen LogP contribution in [0.5, 0.6) is 0 Å². The zero-order valence-corrected chi connectivity index (χ0v) is 18.9. The fourth-order valence-electron chi connectivity index (χ4n) is 4.59. The number of benzene rings is 2. The highest BCUT2D eigenvalue weighted by Gasteiger charge is 2.41. The molecule has 0 aliphatic heterocycles. The third kappa shape index (κ3) is 5.05. The van der Waals surface area contributed by atoms with E-state index in [-0.39, 0.29) is 25.6 Å². The van der Waals surface area contributed by atoms with E-state index in [2.05, 4.69) is 22.9 Å². The van der Waals surface area contributed by atoms with Crippen LogP contribution in [0.2, 0.25) is 0 Å². The number of nitrogens with one attached hydrogen (secondary N) is 2. The number of hydrogen-bond acceptors (Lipinski definition) is 6. The first-order valence-corrected chi connectivity index (χ1v) is 11.2. The number of carbonyl (C=O) groups is 3. The largest absolute Gasteiger partial charge is 0.479 e. The number of alkyl carbamates (subject to hydrolysis) is 1. The number of rotatable bonds is 10. The van der Waals surface area contributed by atoms with E-state index in [0.29, 0.717) is 12.8 Å². The van der Waals surface area contributed by atoms with Gasteiger partial charge >= 0.3 is 12.1 Å². The van der Waals surface area contributed by atoms with Crippen molar-refractivity contribution >= 4 is 18.0 Å². The van der Waals surface area contributed by atoms with Gasteiger partial charge in [0, 0.05) is 13.0 Å². The van der Waals surface area contributed by atoms with Crippen LogP contribution in [0.3, 0.4) is 0 Å². The number of aliphatic carboxylic acids is 1. The van der Waals surface area contributed by atoms with Crippen LogP contribution in [-0.4, -0.2) is 55.0 Å². The molecule has 1 atom stereocenters. The highest BCUT2D eigenvalue weighted by Crippen LogP contribution is 2.44. The highest BCUT2D eigenvalue weighted by atomic mass is 16.7. The van der Waals surface area contributed by atoms with Crippen LogP contribution in [0.25, 0.3) is 11.1 Å². The number of hydrogen-bond donors (Lipinski definition) is 3. The third-order valence-electron chi connectivity index (χ3n) is 6.43. The van der Waals surface area contributed by atoms with Gasteiger partial charge in [0.25, 0.3) is 0 Å². The number of ether oxygens (including phenoxy) is 2. The lowest BCUT2D eigenvalue weighted by molar-refractivity contribution is -0.165. The Kier molecular flexibility index (Phi) is 7.14. The van der Waals surface area contributed by atoms with Crippen molar-refractivity contribution in [2.24, 2.45) is 0 Å². The van der Waals surface area contributed by atoms with E-state index >= 15 is 0 Å². The van der Waals surface area contributed by atoms with Gasteiger partial charge in [-0.2, -0.15) is 0 Å². The summed E-state index contributed by atoms with van der Waals surface area (Å²) in [6, 6.07) is 16.2. The van der Waals surface area contributed by atoms with Crippen molar-refractivity contribution in [3.05, 3.63) is 59.7 Å². The van der Waals surface area contributed by atoms with E-state index in [1.165, 1.54) is 7.11 Å². The Hall–Kier alpha value is -3.43. The van der Waals surface area contributed by atoms with Gasteiger partial charge in [-0.3, -0.25) is 9.63 Å². The average molecular weight is 469 g/mol. The van der Waals surface area contributed by atoms with Gasteiger partial charge in [0.2, 0.25) is 12.0 Å². The number of carboxylic acid groups (broad SMARTS) is 1. The summed E-state index contributed by atoms with van der Waals surface area (Å²) >= 11 is 0. The quantitative estimate of drug-likeness (QED) is 0.458. The van der Waals surface area contributed by atoms with Crippen molar-refractivity contribution in [2.45, 2.75) is 43.2 Å². The number of fused-ring (bicyclic) bond motifs is 3. The van der Waals surface area contributed by atoms with Gasteiger partial charge in [-0.25, -0.2) is 15.1 Å². The van der Waals surface area contributed by atoms with Gasteiger partial charge in [-0.15, -0.1) is 0 Å². The predicted molar refractivity (Wildman–Crippen MR) is 122 cm³/mol. The second-order valence-corrected chi connectivity index (χ2v) is 8.69. The predicted octanol–water partition coefficient (Wildman–Crippen LogP) is 2.99. The second-order valence-electron chi connectivity index (χ2n) is 8.69. The van der Waals surface area contributed by atoms with Crippen LogP contribution in [0.4, 0.5) is 4.79 Å². The Morgan fingerprint density at radius 2 is 1.68 bits per heavy atom. The molecule has 0 spiro atoms. The maximum Gasteiger partial charge on any atom is 0.407 e. The average Bonchev–Trinajstić information content (AvgIpc) is 3.12. The van der Waals surface area contributed by atoms with E-state index in [1.807, 2.05) is 36.4 Å². The van der Waals surface area contributed by atoms with Crippen molar-refractivity contribution in [3.63, 3.8) is 0 Å². The fraction of sp³-hybridized carbons (Fsp3) is 0.400. The Morgan fingerprint density at radius 3 is 2.21 bits per heavy atom. The molecule has 2 aliphatic rings. The van der Waals surface area contributed by atoms with E-state index in [0.717, 1.165) is 28.7 Å². The molecule has 1 fully saturated rings. The summed E-state index contributed by atoms with van der Waals surface area (Å²) < 4.78 is 10.4. The molecule has 2 aliphatic carbocycles. The fourth-order valence-corrected chi connectivity index (χ4v) is 4.59. The van der Waals surface area contributed by atoms with Crippen molar-refractivity contribution in [1.82, 2.24) is 10.8 Å². The van der Waals surface area contributed by atoms with Crippen LogP contribution in [0.1, 0.15) is 42.7 Å². The Labute approximate surface area is 197 Å². The van der Waals surface area contributed by atoms with E-state index in [4.69, 9.17) is 19.4 Å². The molecule has 34 heavy (non-hydrogen) atoms. The highest BCUT2D eigenvalue weighted by molar-refractivity contribution is 5.80. The van der Waals surface area contributed by atoms with Gasteiger partial charge < -0.3 is 19.9 Å². The smallest absolute Gasteiger partial charge is 0.407 e.